The summed E-state index contributed by atoms with van der Waals surface area (Å²) in [7, 11) is 0. The van der Waals surface area contributed by atoms with E-state index < -0.39 is 37.1 Å². The SMILES string of the molecule is CCOC(=O)c1ncn([C@H]2O[C@@H](CO)[C@@H](O)[C@H]2O)c1N. The summed E-state index contributed by atoms with van der Waals surface area (Å²) < 4.78 is 11.3. The second kappa shape index (κ2) is 5.75. The van der Waals surface area contributed by atoms with Gasteiger partial charge in [0.1, 0.15) is 24.1 Å². The molecule has 1 saturated heterocycles. The van der Waals surface area contributed by atoms with E-state index in [0.29, 0.717) is 0 Å². The third-order valence-electron chi connectivity index (χ3n) is 3.09. The lowest BCUT2D eigenvalue weighted by Gasteiger charge is -2.17. The standard InChI is InChI=1S/C11H17N3O6/c1-2-19-11(18)6-9(12)14(4-13-6)10-8(17)7(16)5(3-15)20-10/h4-5,7-8,10,15-17H,2-3,12H2,1H3/t5-,7+,8+,10-/m0/s1. The predicted octanol–water partition coefficient (Wildman–Crippen LogP) is -1.75. The number of imidazole rings is 1. The van der Waals surface area contributed by atoms with Gasteiger partial charge >= 0.3 is 5.97 Å². The summed E-state index contributed by atoms with van der Waals surface area (Å²) in [4.78, 5) is 15.4. The smallest absolute Gasteiger partial charge is 0.360 e. The van der Waals surface area contributed by atoms with Gasteiger partial charge in [-0.15, -0.1) is 0 Å². The number of nitrogen functional groups attached to an aromatic ring is 1. The summed E-state index contributed by atoms with van der Waals surface area (Å²) in [5.41, 5.74) is 5.68. The van der Waals surface area contributed by atoms with Crippen LogP contribution in [0.15, 0.2) is 6.33 Å². The monoisotopic (exact) mass is 287 g/mol. The number of aromatic nitrogens is 2. The van der Waals surface area contributed by atoms with E-state index in [0.717, 1.165) is 0 Å². The van der Waals surface area contributed by atoms with Crippen LogP contribution in [-0.2, 0) is 9.47 Å². The van der Waals surface area contributed by atoms with E-state index in [-0.39, 0.29) is 18.1 Å². The average Bonchev–Trinajstić information content (AvgIpc) is 2.93. The van der Waals surface area contributed by atoms with Crippen LogP contribution in [0.4, 0.5) is 5.82 Å². The fourth-order valence-corrected chi connectivity index (χ4v) is 2.04. The van der Waals surface area contributed by atoms with Crippen molar-refractivity contribution in [2.24, 2.45) is 0 Å². The van der Waals surface area contributed by atoms with Gasteiger partial charge in [0.05, 0.1) is 19.5 Å². The number of ether oxygens (including phenoxy) is 2. The molecule has 9 nitrogen and oxygen atoms in total. The molecule has 0 aliphatic carbocycles. The molecule has 2 heterocycles. The fourth-order valence-electron chi connectivity index (χ4n) is 2.04. The van der Waals surface area contributed by atoms with Crippen LogP contribution in [0.5, 0.6) is 0 Å². The molecule has 0 spiro atoms. The third-order valence-corrected chi connectivity index (χ3v) is 3.09. The van der Waals surface area contributed by atoms with Crippen molar-refractivity contribution in [3.05, 3.63) is 12.0 Å². The average molecular weight is 287 g/mol. The molecule has 1 aromatic heterocycles. The Bertz CT molecular complexity index is 491. The molecule has 0 bridgehead atoms. The molecule has 1 aliphatic rings. The van der Waals surface area contributed by atoms with Crippen LogP contribution in [0.1, 0.15) is 23.6 Å². The number of carbonyl (C=O) groups excluding carboxylic acids is 1. The highest BCUT2D eigenvalue weighted by atomic mass is 16.6. The number of nitrogens with zero attached hydrogens (tertiary/aromatic N) is 2. The molecule has 112 valence electrons. The second-order valence-electron chi connectivity index (χ2n) is 4.34. The molecule has 0 saturated carbocycles. The van der Waals surface area contributed by atoms with Crippen molar-refractivity contribution < 1.29 is 29.6 Å². The zero-order chi connectivity index (χ0) is 14.9. The molecule has 1 fully saturated rings. The van der Waals surface area contributed by atoms with Gasteiger partial charge < -0.3 is 30.5 Å². The van der Waals surface area contributed by atoms with Gasteiger partial charge in [-0.2, -0.15) is 0 Å². The Balaban J connectivity index is 2.24. The minimum atomic E-state index is -1.29. The van der Waals surface area contributed by atoms with Crippen LogP contribution in [0.2, 0.25) is 0 Å². The molecule has 1 aliphatic heterocycles. The first-order valence-corrected chi connectivity index (χ1v) is 6.13. The van der Waals surface area contributed by atoms with Crippen molar-refractivity contribution in [1.29, 1.82) is 0 Å². The van der Waals surface area contributed by atoms with Gasteiger partial charge in [0.2, 0.25) is 0 Å². The van der Waals surface area contributed by atoms with Crippen LogP contribution in [0.25, 0.3) is 0 Å². The number of hydrogen-bond donors (Lipinski definition) is 4. The van der Waals surface area contributed by atoms with Crippen LogP contribution >= 0.6 is 0 Å². The van der Waals surface area contributed by atoms with E-state index in [2.05, 4.69) is 4.98 Å². The van der Waals surface area contributed by atoms with Gasteiger partial charge in [-0.25, -0.2) is 9.78 Å². The van der Waals surface area contributed by atoms with Crippen molar-refractivity contribution in [2.75, 3.05) is 18.9 Å². The van der Waals surface area contributed by atoms with Crippen LogP contribution in [-0.4, -0.2) is 62.4 Å². The maximum atomic E-state index is 11.6. The molecule has 0 amide bonds. The van der Waals surface area contributed by atoms with E-state index in [1.54, 1.807) is 6.92 Å². The number of carbonyl (C=O) groups is 1. The lowest BCUT2D eigenvalue weighted by Crippen LogP contribution is -2.33. The number of nitrogens with two attached hydrogens (primary N) is 1. The van der Waals surface area contributed by atoms with Crippen molar-refractivity contribution in [2.45, 2.75) is 31.5 Å². The van der Waals surface area contributed by atoms with E-state index in [9.17, 15) is 15.0 Å². The minimum Gasteiger partial charge on any atom is -0.461 e. The summed E-state index contributed by atoms with van der Waals surface area (Å²) >= 11 is 0. The Hall–Kier alpha value is -1.68. The van der Waals surface area contributed by atoms with E-state index >= 15 is 0 Å². The third kappa shape index (κ3) is 2.36. The maximum absolute atomic E-state index is 11.6. The number of aliphatic hydroxyl groups excluding tert-OH is 3. The van der Waals surface area contributed by atoms with Crippen LogP contribution < -0.4 is 5.73 Å². The van der Waals surface area contributed by atoms with E-state index in [4.69, 9.17) is 20.3 Å². The lowest BCUT2D eigenvalue weighted by atomic mass is 10.1. The fraction of sp³-hybridized carbons (Fsp3) is 0.636. The number of aliphatic hydroxyl groups is 3. The van der Waals surface area contributed by atoms with Crippen molar-refractivity contribution in [3.8, 4) is 0 Å². The number of hydrogen-bond acceptors (Lipinski definition) is 8. The molecule has 5 N–H and O–H groups in total. The molecule has 2 rings (SSSR count). The molecule has 0 unspecified atom stereocenters. The summed E-state index contributed by atoms with van der Waals surface area (Å²) in [5.74, 6) is -0.728. The van der Waals surface area contributed by atoms with Gasteiger partial charge in [0.25, 0.3) is 0 Å². The van der Waals surface area contributed by atoms with Crippen molar-refractivity contribution >= 4 is 11.8 Å². The summed E-state index contributed by atoms with van der Waals surface area (Å²) in [5, 5.41) is 28.6. The van der Waals surface area contributed by atoms with E-state index in [1.807, 2.05) is 0 Å². The summed E-state index contributed by atoms with van der Waals surface area (Å²) in [6.45, 7) is 1.38. The molecule has 1 aromatic rings. The lowest BCUT2D eigenvalue weighted by molar-refractivity contribution is -0.0518. The second-order valence-corrected chi connectivity index (χ2v) is 4.34. The van der Waals surface area contributed by atoms with Gasteiger partial charge in [-0.1, -0.05) is 0 Å². The summed E-state index contributed by atoms with van der Waals surface area (Å²) in [6.07, 6.45) is -3.29. The van der Waals surface area contributed by atoms with Crippen molar-refractivity contribution in [3.63, 3.8) is 0 Å². The first-order chi connectivity index (χ1) is 9.51. The molecule has 4 atom stereocenters. The van der Waals surface area contributed by atoms with E-state index in [1.165, 1.54) is 10.9 Å². The highest BCUT2D eigenvalue weighted by molar-refractivity contribution is 5.92. The highest BCUT2D eigenvalue weighted by Gasteiger charge is 2.44. The predicted molar refractivity (Wildman–Crippen MR) is 65.6 cm³/mol. The first kappa shape index (κ1) is 14.7. The number of rotatable bonds is 4. The molecule has 20 heavy (non-hydrogen) atoms. The zero-order valence-electron chi connectivity index (χ0n) is 10.8. The quantitative estimate of drug-likeness (QED) is 0.478. The normalized spacial score (nSPS) is 29.6. The maximum Gasteiger partial charge on any atom is 0.360 e. The van der Waals surface area contributed by atoms with Crippen molar-refractivity contribution in [1.82, 2.24) is 9.55 Å². The minimum absolute atomic E-state index is 0.0433. The Morgan fingerprint density at radius 2 is 2.25 bits per heavy atom. The zero-order valence-corrected chi connectivity index (χ0v) is 10.8. The first-order valence-electron chi connectivity index (χ1n) is 6.13. The Morgan fingerprint density at radius 1 is 1.55 bits per heavy atom. The largest absolute Gasteiger partial charge is 0.461 e. The van der Waals surface area contributed by atoms with Gasteiger partial charge in [0, 0.05) is 0 Å². The van der Waals surface area contributed by atoms with Gasteiger partial charge in [0.15, 0.2) is 11.9 Å². The highest BCUT2D eigenvalue weighted by Crippen LogP contribution is 2.31. The van der Waals surface area contributed by atoms with Gasteiger partial charge in [-0.3, -0.25) is 4.57 Å². The van der Waals surface area contributed by atoms with Crippen LogP contribution in [0.3, 0.4) is 0 Å². The number of anilines is 1. The molecule has 0 radical (unpaired) electrons. The van der Waals surface area contributed by atoms with Gasteiger partial charge in [-0.05, 0) is 6.92 Å². The Kier molecular flexibility index (Phi) is 4.23. The number of esters is 1. The molecule has 0 aromatic carbocycles. The Morgan fingerprint density at radius 3 is 2.80 bits per heavy atom. The Labute approximate surface area is 114 Å². The summed E-state index contributed by atoms with van der Waals surface area (Å²) in [6, 6.07) is 0. The molecular formula is C11H17N3O6. The van der Waals surface area contributed by atoms with Crippen LogP contribution in [0, 0.1) is 0 Å². The topological polar surface area (TPSA) is 140 Å². The molecular weight excluding hydrogens is 270 g/mol. The molecule has 9 heteroatoms.